The van der Waals surface area contributed by atoms with E-state index < -0.39 is 0 Å². The van der Waals surface area contributed by atoms with Crippen LogP contribution in [-0.4, -0.2) is 30.8 Å². The van der Waals surface area contributed by atoms with E-state index in [-0.39, 0.29) is 23.7 Å². The van der Waals surface area contributed by atoms with Crippen molar-refractivity contribution in [2.45, 2.75) is 13.5 Å². The number of carbonyl (C=O) groups excluding carboxylic acids is 1. The number of benzene rings is 2. The maximum atomic E-state index is 12.3. The van der Waals surface area contributed by atoms with Crippen molar-refractivity contribution in [3.05, 3.63) is 81.2 Å². The third kappa shape index (κ3) is 6.11. The normalized spacial score (nSPS) is 10.4. The van der Waals surface area contributed by atoms with E-state index in [4.69, 9.17) is 14.2 Å². The molecule has 1 amide bonds. The van der Waals surface area contributed by atoms with Gasteiger partial charge in [-0.15, -0.1) is 0 Å². The van der Waals surface area contributed by atoms with Crippen molar-refractivity contribution in [1.82, 2.24) is 4.57 Å². The molecule has 0 atom stereocenters. The summed E-state index contributed by atoms with van der Waals surface area (Å²) >= 11 is 3.37. The Morgan fingerprint density at radius 1 is 1.03 bits per heavy atom. The van der Waals surface area contributed by atoms with Crippen molar-refractivity contribution in [1.29, 1.82) is 0 Å². The van der Waals surface area contributed by atoms with Crippen molar-refractivity contribution in [3.8, 4) is 17.2 Å². The van der Waals surface area contributed by atoms with Gasteiger partial charge in [-0.05, 0) is 59.3 Å². The van der Waals surface area contributed by atoms with Crippen molar-refractivity contribution in [3.63, 3.8) is 0 Å². The highest BCUT2D eigenvalue weighted by Gasteiger charge is 2.12. The van der Waals surface area contributed by atoms with Crippen LogP contribution in [-0.2, 0) is 11.3 Å². The second-order valence-electron chi connectivity index (χ2n) is 6.63. The lowest BCUT2D eigenvalue weighted by molar-refractivity contribution is -0.118. The zero-order valence-electron chi connectivity index (χ0n) is 17.3. The summed E-state index contributed by atoms with van der Waals surface area (Å²) in [5.41, 5.74) is 0.979. The molecule has 7 nitrogen and oxygen atoms in total. The Labute approximate surface area is 188 Å². The lowest BCUT2D eigenvalue weighted by Crippen LogP contribution is -2.24. The minimum atomic E-state index is -0.357. The molecule has 0 bridgehead atoms. The number of hydrogen-bond acceptors (Lipinski definition) is 5. The Balaban J connectivity index is 1.58. The number of pyridine rings is 1. The van der Waals surface area contributed by atoms with Gasteiger partial charge in [0.05, 0.1) is 25.0 Å². The zero-order valence-corrected chi connectivity index (χ0v) is 18.8. The van der Waals surface area contributed by atoms with E-state index in [2.05, 4.69) is 21.2 Å². The van der Waals surface area contributed by atoms with Crippen molar-refractivity contribution in [2.75, 3.05) is 25.6 Å². The average Bonchev–Trinajstić information content (AvgIpc) is 2.77. The quantitative estimate of drug-likeness (QED) is 0.493. The summed E-state index contributed by atoms with van der Waals surface area (Å²) < 4.78 is 19.0. The van der Waals surface area contributed by atoms with Crippen LogP contribution in [0.2, 0.25) is 0 Å². The Morgan fingerprint density at radius 3 is 2.45 bits per heavy atom. The van der Waals surface area contributed by atoms with Crippen LogP contribution in [0.3, 0.4) is 0 Å². The van der Waals surface area contributed by atoms with Gasteiger partial charge < -0.3 is 24.1 Å². The summed E-state index contributed by atoms with van der Waals surface area (Å²) in [6, 6.07) is 16.0. The topological polar surface area (TPSA) is 78.8 Å². The summed E-state index contributed by atoms with van der Waals surface area (Å²) in [5, 5.41) is 2.75. The number of anilines is 1. The van der Waals surface area contributed by atoms with Gasteiger partial charge in [0.2, 0.25) is 5.43 Å². The van der Waals surface area contributed by atoms with E-state index in [0.29, 0.717) is 24.5 Å². The van der Waals surface area contributed by atoms with Crippen LogP contribution in [0.15, 0.2) is 70.1 Å². The Bertz CT molecular complexity index is 1100. The minimum Gasteiger partial charge on any atom is -0.497 e. The lowest BCUT2D eigenvalue weighted by Gasteiger charge is -2.15. The number of ether oxygens (including phenoxy) is 3. The monoisotopic (exact) mass is 486 g/mol. The molecular formula is C23H23BrN2O5. The first kappa shape index (κ1) is 22.4. The number of methoxy groups -OCH3 is 1. The molecule has 0 radical (unpaired) electrons. The molecule has 0 saturated heterocycles. The molecule has 162 valence electrons. The maximum absolute atomic E-state index is 12.3. The van der Waals surface area contributed by atoms with Crippen LogP contribution in [0.1, 0.15) is 5.69 Å². The van der Waals surface area contributed by atoms with Gasteiger partial charge >= 0.3 is 0 Å². The first-order chi connectivity index (χ1) is 15.0. The van der Waals surface area contributed by atoms with Gasteiger partial charge in [-0.3, -0.25) is 9.59 Å². The van der Waals surface area contributed by atoms with Crippen molar-refractivity contribution < 1.29 is 19.0 Å². The maximum Gasteiger partial charge on any atom is 0.262 e. The summed E-state index contributed by atoms with van der Waals surface area (Å²) in [6.45, 7) is 2.41. The molecule has 0 aliphatic heterocycles. The molecule has 0 spiro atoms. The standard InChI is InChI=1S/C23H23BrN2O5/c1-16-23(31-15-22(28)25-20-6-4-3-5-19(20)24)21(27)11-12-26(16)13-14-30-18-9-7-17(29-2)8-10-18/h3-12H,13-15H2,1-2H3,(H,25,28). The van der Waals surface area contributed by atoms with Crippen LogP contribution in [0.4, 0.5) is 5.69 Å². The minimum absolute atomic E-state index is 0.147. The molecule has 2 aromatic carbocycles. The largest absolute Gasteiger partial charge is 0.497 e. The number of halogens is 1. The molecule has 8 heteroatoms. The molecule has 1 heterocycles. The van der Waals surface area contributed by atoms with Crippen LogP contribution in [0.25, 0.3) is 0 Å². The first-order valence-corrected chi connectivity index (χ1v) is 10.4. The SMILES string of the molecule is COc1ccc(OCCn2ccc(=O)c(OCC(=O)Nc3ccccc3Br)c2C)cc1. The fourth-order valence-electron chi connectivity index (χ4n) is 2.89. The Hall–Kier alpha value is -3.26. The molecule has 3 rings (SSSR count). The second kappa shape index (κ2) is 10.7. The van der Waals surface area contributed by atoms with E-state index in [1.807, 2.05) is 47.0 Å². The highest BCUT2D eigenvalue weighted by Crippen LogP contribution is 2.21. The number of nitrogens with zero attached hydrogens (tertiary/aromatic N) is 1. The first-order valence-electron chi connectivity index (χ1n) is 9.62. The molecule has 1 aromatic heterocycles. The molecule has 0 unspecified atom stereocenters. The van der Waals surface area contributed by atoms with Crippen molar-refractivity contribution >= 4 is 27.5 Å². The van der Waals surface area contributed by atoms with Gasteiger partial charge in [-0.2, -0.15) is 0 Å². The van der Waals surface area contributed by atoms with Crippen LogP contribution < -0.4 is 25.0 Å². The smallest absolute Gasteiger partial charge is 0.262 e. The third-order valence-electron chi connectivity index (χ3n) is 4.54. The third-order valence-corrected chi connectivity index (χ3v) is 5.24. The number of rotatable bonds is 9. The predicted molar refractivity (Wildman–Crippen MR) is 122 cm³/mol. The van der Waals surface area contributed by atoms with E-state index in [1.54, 1.807) is 26.3 Å². The highest BCUT2D eigenvalue weighted by atomic mass is 79.9. The number of nitrogens with one attached hydrogen (secondary N) is 1. The van der Waals surface area contributed by atoms with E-state index in [9.17, 15) is 9.59 Å². The molecule has 0 saturated carbocycles. The number of hydrogen-bond donors (Lipinski definition) is 1. The van der Waals surface area contributed by atoms with Crippen LogP contribution >= 0.6 is 15.9 Å². The summed E-state index contributed by atoms with van der Waals surface area (Å²) in [6.07, 6.45) is 1.68. The summed E-state index contributed by atoms with van der Waals surface area (Å²) in [7, 11) is 1.61. The number of para-hydroxylation sites is 1. The van der Waals surface area contributed by atoms with Gasteiger partial charge in [0.25, 0.3) is 5.91 Å². The summed E-state index contributed by atoms with van der Waals surface area (Å²) in [5.74, 6) is 1.27. The second-order valence-corrected chi connectivity index (χ2v) is 7.48. The fraction of sp³-hybridized carbons (Fsp3) is 0.217. The van der Waals surface area contributed by atoms with Gasteiger partial charge in [0.15, 0.2) is 12.4 Å². The Morgan fingerprint density at radius 2 is 1.74 bits per heavy atom. The average molecular weight is 487 g/mol. The van der Waals surface area contributed by atoms with Gasteiger partial charge in [0, 0.05) is 16.7 Å². The van der Waals surface area contributed by atoms with Crippen molar-refractivity contribution in [2.24, 2.45) is 0 Å². The number of aromatic nitrogens is 1. The Kier molecular flexibility index (Phi) is 7.72. The van der Waals surface area contributed by atoms with Crippen LogP contribution in [0, 0.1) is 6.92 Å². The zero-order chi connectivity index (χ0) is 22.2. The number of carbonyl (C=O) groups is 1. The van der Waals surface area contributed by atoms with E-state index in [1.165, 1.54) is 6.07 Å². The van der Waals surface area contributed by atoms with Crippen LogP contribution in [0.5, 0.6) is 17.2 Å². The molecular weight excluding hydrogens is 464 g/mol. The highest BCUT2D eigenvalue weighted by molar-refractivity contribution is 9.10. The molecule has 0 aliphatic rings. The predicted octanol–water partition coefficient (Wildman–Crippen LogP) is 4.02. The van der Waals surface area contributed by atoms with E-state index in [0.717, 1.165) is 16.0 Å². The fourth-order valence-corrected chi connectivity index (χ4v) is 3.28. The summed E-state index contributed by atoms with van der Waals surface area (Å²) in [4.78, 5) is 24.5. The molecule has 3 aromatic rings. The number of amides is 1. The molecule has 1 N–H and O–H groups in total. The van der Waals surface area contributed by atoms with Gasteiger partial charge in [0.1, 0.15) is 18.1 Å². The van der Waals surface area contributed by atoms with E-state index >= 15 is 0 Å². The molecule has 31 heavy (non-hydrogen) atoms. The van der Waals surface area contributed by atoms with Gasteiger partial charge in [-0.1, -0.05) is 12.1 Å². The molecule has 0 fully saturated rings. The van der Waals surface area contributed by atoms with Gasteiger partial charge in [-0.25, -0.2) is 0 Å². The lowest BCUT2D eigenvalue weighted by atomic mass is 10.3. The molecule has 0 aliphatic carbocycles.